The molecule has 0 N–H and O–H groups in total. The van der Waals surface area contributed by atoms with E-state index in [1.54, 1.807) is 22.3 Å². The van der Waals surface area contributed by atoms with Gasteiger partial charge in [-0.05, 0) is 30.4 Å². The minimum absolute atomic E-state index is 0.0612. The summed E-state index contributed by atoms with van der Waals surface area (Å²) in [5.74, 6) is 0.125. The molecule has 0 unspecified atom stereocenters. The standard InChI is InChI=1S/C19H21N3O2S/c1-5-8-22(11-14-7-6-9-25-14)19(23)15-10-16(12(2)3)20-18-17(15)13(4)21-24-18/h5-7,9-10,12H,1,8,11H2,2-4H3. The van der Waals surface area contributed by atoms with Crippen LogP contribution in [0.15, 0.2) is 40.8 Å². The second-order valence-electron chi connectivity index (χ2n) is 6.25. The summed E-state index contributed by atoms with van der Waals surface area (Å²) >= 11 is 1.63. The largest absolute Gasteiger partial charge is 0.336 e. The summed E-state index contributed by atoms with van der Waals surface area (Å²) < 4.78 is 5.33. The number of amides is 1. The fourth-order valence-electron chi connectivity index (χ4n) is 2.71. The van der Waals surface area contributed by atoms with E-state index in [0.717, 1.165) is 10.6 Å². The molecular formula is C19H21N3O2S. The van der Waals surface area contributed by atoms with Gasteiger partial charge in [-0.1, -0.05) is 31.1 Å². The number of carbonyl (C=O) groups excluding carboxylic acids is 1. The van der Waals surface area contributed by atoms with Gasteiger partial charge in [0.2, 0.25) is 0 Å². The fourth-order valence-corrected chi connectivity index (χ4v) is 3.43. The van der Waals surface area contributed by atoms with Crippen LogP contribution in [0.4, 0.5) is 0 Å². The van der Waals surface area contributed by atoms with Crippen molar-refractivity contribution in [2.24, 2.45) is 0 Å². The quantitative estimate of drug-likeness (QED) is 0.609. The van der Waals surface area contributed by atoms with Crippen molar-refractivity contribution in [3.05, 3.63) is 58.1 Å². The van der Waals surface area contributed by atoms with Crippen molar-refractivity contribution in [1.82, 2.24) is 15.0 Å². The normalized spacial score (nSPS) is 11.2. The molecule has 130 valence electrons. The second-order valence-corrected chi connectivity index (χ2v) is 7.28. The van der Waals surface area contributed by atoms with Crippen LogP contribution in [0.1, 0.15) is 46.4 Å². The van der Waals surface area contributed by atoms with E-state index in [0.29, 0.717) is 35.4 Å². The van der Waals surface area contributed by atoms with E-state index in [1.807, 2.05) is 44.4 Å². The predicted octanol–water partition coefficient (Wildman–Crippen LogP) is 4.54. The highest BCUT2D eigenvalue weighted by atomic mass is 32.1. The molecule has 0 bridgehead atoms. The molecule has 3 aromatic heterocycles. The van der Waals surface area contributed by atoms with Crippen LogP contribution in [0.3, 0.4) is 0 Å². The van der Waals surface area contributed by atoms with E-state index in [1.165, 1.54) is 0 Å². The molecule has 0 spiro atoms. The number of hydrogen-bond acceptors (Lipinski definition) is 5. The van der Waals surface area contributed by atoms with Gasteiger partial charge in [0.15, 0.2) is 0 Å². The summed E-state index contributed by atoms with van der Waals surface area (Å²) in [5, 5.41) is 6.69. The van der Waals surface area contributed by atoms with Gasteiger partial charge >= 0.3 is 0 Å². The monoisotopic (exact) mass is 355 g/mol. The first-order chi connectivity index (χ1) is 12.0. The molecule has 5 nitrogen and oxygen atoms in total. The number of fused-ring (bicyclic) bond motifs is 1. The maximum atomic E-state index is 13.3. The Labute approximate surface area is 151 Å². The Bertz CT molecular complexity index is 897. The Morgan fingerprint density at radius 3 is 2.92 bits per heavy atom. The average molecular weight is 355 g/mol. The fraction of sp³-hybridized carbons (Fsp3) is 0.316. The summed E-state index contributed by atoms with van der Waals surface area (Å²) in [7, 11) is 0. The van der Waals surface area contributed by atoms with Crippen molar-refractivity contribution in [2.45, 2.75) is 33.2 Å². The number of aromatic nitrogens is 2. The van der Waals surface area contributed by atoms with Crippen LogP contribution in [-0.4, -0.2) is 27.5 Å². The highest BCUT2D eigenvalue weighted by Crippen LogP contribution is 2.27. The molecule has 3 rings (SSSR count). The number of hydrogen-bond donors (Lipinski definition) is 0. The number of aryl methyl sites for hydroxylation is 1. The average Bonchev–Trinajstić information content (AvgIpc) is 3.23. The summed E-state index contributed by atoms with van der Waals surface area (Å²) in [6, 6.07) is 5.88. The minimum Gasteiger partial charge on any atom is -0.336 e. The number of pyridine rings is 1. The predicted molar refractivity (Wildman–Crippen MR) is 99.9 cm³/mol. The summed E-state index contributed by atoms with van der Waals surface area (Å²) in [6.07, 6.45) is 1.74. The van der Waals surface area contributed by atoms with Crippen LogP contribution in [0.2, 0.25) is 0 Å². The van der Waals surface area contributed by atoms with Crippen molar-refractivity contribution in [3.63, 3.8) is 0 Å². The van der Waals surface area contributed by atoms with Gasteiger partial charge in [-0.3, -0.25) is 4.79 Å². The molecule has 0 fully saturated rings. The van der Waals surface area contributed by atoms with Gasteiger partial charge in [0.05, 0.1) is 23.2 Å². The summed E-state index contributed by atoms with van der Waals surface area (Å²) in [6.45, 7) is 10.7. The van der Waals surface area contributed by atoms with E-state index in [2.05, 4.69) is 16.7 Å². The van der Waals surface area contributed by atoms with Gasteiger partial charge in [-0.2, -0.15) is 0 Å². The first-order valence-electron chi connectivity index (χ1n) is 8.20. The first kappa shape index (κ1) is 17.4. The van der Waals surface area contributed by atoms with Gasteiger partial charge in [-0.25, -0.2) is 4.98 Å². The van der Waals surface area contributed by atoms with E-state index in [-0.39, 0.29) is 11.8 Å². The van der Waals surface area contributed by atoms with Crippen molar-refractivity contribution < 1.29 is 9.32 Å². The summed E-state index contributed by atoms with van der Waals surface area (Å²) in [5.41, 5.74) is 2.50. The molecule has 25 heavy (non-hydrogen) atoms. The van der Waals surface area contributed by atoms with Gasteiger partial charge in [0, 0.05) is 17.1 Å². The van der Waals surface area contributed by atoms with Crippen LogP contribution in [0, 0.1) is 6.92 Å². The van der Waals surface area contributed by atoms with E-state index in [9.17, 15) is 4.79 Å². The van der Waals surface area contributed by atoms with Gasteiger partial charge in [0.25, 0.3) is 11.6 Å². The Kier molecular flexibility index (Phi) is 4.99. The molecule has 0 radical (unpaired) electrons. The topological polar surface area (TPSA) is 59.2 Å². The molecule has 0 aliphatic rings. The van der Waals surface area contributed by atoms with Crippen molar-refractivity contribution >= 4 is 28.3 Å². The Balaban J connectivity index is 2.06. The van der Waals surface area contributed by atoms with Crippen LogP contribution >= 0.6 is 11.3 Å². The molecule has 3 heterocycles. The molecule has 6 heteroatoms. The third kappa shape index (κ3) is 3.49. The molecule has 3 aromatic rings. The maximum Gasteiger partial charge on any atom is 0.259 e. The Morgan fingerprint density at radius 1 is 1.48 bits per heavy atom. The molecule has 0 saturated carbocycles. The maximum absolute atomic E-state index is 13.3. The van der Waals surface area contributed by atoms with E-state index < -0.39 is 0 Å². The van der Waals surface area contributed by atoms with Crippen molar-refractivity contribution in [1.29, 1.82) is 0 Å². The highest BCUT2D eigenvalue weighted by molar-refractivity contribution is 7.09. The zero-order chi connectivity index (χ0) is 18.0. The molecule has 0 atom stereocenters. The Morgan fingerprint density at radius 2 is 2.28 bits per heavy atom. The zero-order valence-corrected chi connectivity index (χ0v) is 15.5. The number of nitrogens with zero attached hydrogens (tertiary/aromatic N) is 3. The number of carbonyl (C=O) groups is 1. The lowest BCUT2D eigenvalue weighted by Crippen LogP contribution is -2.30. The van der Waals surface area contributed by atoms with E-state index in [4.69, 9.17) is 4.52 Å². The Hall–Kier alpha value is -2.47. The second kappa shape index (κ2) is 7.19. The SMILES string of the molecule is C=CCN(Cc1cccs1)C(=O)c1cc(C(C)C)nc2onc(C)c12. The molecule has 0 saturated heterocycles. The van der Waals surface area contributed by atoms with Gasteiger partial charge in [-0.15, -0.1) is 17.9 Å². The number of thiophene rings is 1. The van der Waals surface area contributed by atoms with Crippen LogP contribution in [-0.2, 0) is 6.54 Å². The van der Waals surface area contributed by atoms with Gasteiger partial charge < -0.3 is 9.42 Å². The number of rotatable bonds is 6. The van der Waals surface area contributed by atoms with Crippen LogP contribution in [0.25, 0.3) is 11.1 Å². The zero-order valence-electron chi connectivity index (χ0n) is 14.7. The third-order valence-electron chi connectivity index (χ3n) is 4.02. The molecule has 0 aromatic carbocycles. The molecule has 0 aliphatic carbocycles. The molecular weight excluding hydrogens is 334 g/mol. The van der Waals surface area contributed by atoms with Crippen molar-refractivity contribution in [3.8, 4) is 0 Å². The summed E-state index contributed by atoms with van der Waals surface area (Å²) in [4.78, 5) is 20.7. The van der Waals surface area contributed by atoms with E-state index >= 15 is 0 Å². The van der Waals surface area contributed by atoms with Crippen molar-refractivity contribution in [2.75, 3.05) is 6.54 Å². The van der Waals surface area contributed by atoms with Crippen LogP contribution in [0.5, 0.6) is 0 Å². The minimum atomic E-state index is -0.0612. The lowest BCUT2D eigenvalue weighted by atomic mass is 10.0. The lowest BCUT2D eigenvalue weighted by molar-refractivity contribution is 0.0766. The molecule has 1 amide bonds. The first-order valence-corrected chi connectivity index (χ1v) is 9.08. The molecule has 0 aliphatic heterocycles. The highest BCUT2D eigenvalue weighted by Gasteiger charge is 2.23. The smallest absolute Gasteiger partial charge is 0.259 e. The van der Waals surface area contributed by atoms with Gasteiger partial charge in [0.1, 0.15) is 0 Å². The van der Waals surface area contributed by atoms with Crippen LogP contribution < -0.4 is 0 Å². The lowest BCUT2D eigenvalue weighted by Gasteiger charge is -2.21. The third-order valence-corrected chi connectivity index (χ3v) is 4.88.